The summed E-state index contributed by atoms with van der Waals surface area (Å²) in [6, 6.07) is 7.65. The Hall–Kier alpha value is -1.23. The number of thiazole rings is 1. The Kier molecular flexibility index (Phi) is 3.33. The number of hydrogen-bond acceptors (Lipinski definition) is 4. The summed E-state index contributed by atoms with van der Waals surface area (Å²) in [4.78, 5) is 5.40. The van der Waals surface area contributed by atoms with E-state index in [2.05, 4.69) is 4.98 Å². The van der Waals surface area contributed by atoms with Crippen LogP contribution >= 0.6 is 11.3 Å². The first-order chi connectivity index (χ1) is 7.72. The van der Waals surface area contributed by atoms with Crippen molar-refractivity contribution in [3.63, 3.8) is 0 Å². The Morgan fingerprint density at radius 2 is 2.06 bits per heavy atom. The quantitative estimate of drug-likeness (QED) is 0.855. The van der Waals surface area contributed by atoms with Gasteiger partial charge in [0.15, 0.2) is 0 Å². The fourth-order valence-corrected chi connectivity index (χ4v) is 2.38. The molecule has 84 valence electrons. The largest absolute Gasteiger partial charge is 0.394 e. The van der Waals surface area contributed by atoms with Gasteiger partial charge in [0.2, 0.25) is 0 Å². The smallest absolute Gasteiger partial charge is 0.0801 e. The van der Waals surface area contributed by atoms with Crippen LogP contribution < -0.4 is 5.73 Å². The monoisotopic (exact) mass is 234 g/mol. The van der Waals surface area contributed by atoms with E-state index in [1.807, 2.05) is 36.7 Å². The number of aryl methyl sites for hydroxylation is 1. The van der Waals surface area contributed by atoms with E-state index in [-0.39, 0.29) is 12.6 Å². The van der Waals surface area contributed by atoms with Crippen LogP contribution in [0.4, 0.5) is 0 Å². The van der Waals surface area contributed by atoms with Gasteiger partial charge in [-0.05, 0) is 18.1 Å². The fourth-order valence-electron chi connectivity index (χ4n) is 1.57. The Balaban J connectivity index is 2.30. The molecule has 0 aliphatic rings. The zero-order chi connectivity index (χ0) is 11.5. The van der Waals surface area contributed by atoms with Crippen molar-refractivity contribution in [1.82, 2.24) is 4.98 Å². The minimum Gasteiger partial charge on any atom is -0.394 e. The van der Waals surface area contributed by atoms with E-state index >= 15 is 0 Å². The zero-order valence-electron chi connectivity index (χ0n) is 9.05. The van der Waals surface area contributed by atoms with Crippen molar-refractivity contribution in [3.05, 3.63) is 41.0 Å². The highest BCUT2D eigenvalue weighted by atomic mass is 32.1. The van der Waals surface area contributed by atoms with Crippen LogP contribution in [-0.4, -0.2) is 16.7 Å². The molecule has 16 heavy (non-hydrogen) atoms. The van der Waals surface area contributed by atoms with Crippen LogP contribution in [0.1, 0.15) is 17.3 Å². The number of hydrogen-bond donors (Lipinski definition) is 2. The van der Waals surface area contributed by atoms with Gasteiger partial charge in [0.05, 0.1) is 28.7 Å². The van der Waals surface area contributed by atoms with E-state index in [4.69, 9.17) is 10.8 Å². The topological polar surface area (TPSA) is 59.1 Å². The standard InChI is InChI=1S/C12H14N2OS/c1-8-12(16-7-14-8)10-4-2-9(3-5-10)11(13)6-15/h2-5,7,11,15H,6,13H2,1H3. The number of nitrogens with two attached hydrogens (primary N) is 1. The molecule has 2 rings (SSSR count). The Morgan fingerprint density at radius 1 is 1.38 bits per heavy atom. The van der Waals surface area contributed by atoms with Crippen molar-refractivity contribution in [3.8, 4) is 10.4 Å². The van der Waals surface area contributed by atoms with Gasteiger partial charge in [0.25, 0.3) is 0 Å². The highest BCUT2D eigenvalue weighted by Gasteiger charge is 2.07. The lowest BCUT2D eigenvalue weighted by Gasteiger charge is -2.08. The summed E-state index contributed by atoms with van der Waals surface area (Å²) in [5.41, 5.74) is 10.7. The average molecular weight is 234 g/mol. The summed E-state index contributed by atoms with van der Waals surface area (Å²) >= 11 is 1.63. The number of aliphatic hydroxyl groups is 1. The molecular weight excluding hydrogens is 220 g/mol. The number of nitrogens with zero attached hydrogens (tertiary/aromatic N) is 1. The predicted molar refractivity (Wildman–Crippen MR) is 66.3 cm³/mol. The second-order valence-corrected chi connectivity index (χ2v) is 4.53. The summed E-state index contributed by atoms with van der Waals surface area (Å²) in [6.45, 7) is 1.97. The molecule has 0 radical (unpaired) electrons. The Bertz CT molecular complexity index is 464. The molecular formula is C12H14N2OS. The molecule has 1 aromatic carbocycles. The molecule has 0 bridgehead atoms. The number of aliphatic hydroxyl groups excluding tert-OH is 1. The number of aromatic nitrogens is 1. The van der Waals surface area contributed by atoms with E-state index in [1.54, 1.807) is 11.3 Å². The van der Waals surface area contributed by atoms with Crippen LogP contribution in [-0.2, 0) is 0 Å². The molecule has 1 atom stereocenters. The number of benzene rings is 1. The molecule has 3 N–H and O–H groups in total. The first-order valence-electron chi connectivity index (χ1n) is 5.09. The van der Waals surface area contributed by atoms with Gasteiger partial charge in [-0.15, -0.1) is 11.3 Å². The van der Waals surface area contributed by atoms with Gasteiger partial charge >= 0.3 is 0 Å². The predicted octanol–water partition coefficient (Wildman–Crippen LogP) is 2.11. The molecule has 1 heterocycles. The molecule has 0 saturated heterocycles. The van der Waals surface area contributed by atoms with Crippen molar-refractivity contribution in [2.45, 2.75) is 13.0 Å². The minimum atomic E-state index is -0.295. The molecule has 1 aromatic heterocycles. The molecule has 0 fully saturated rings. The SMILES string of the molecule is Cc1ncsc1-c1ccc(C(N)CO)cc1. The molecule has 3 nitrogen and oxygen atoms in total. The molecule has 0 aliphatic carbocycles. The third kappa shape index (κ3) is 2.14. The lowest BCUT2D eigenvalue weighted by atomic mass is 10.1. The van der Waals surface area contributed by atoms with Gasteiger partial charge in [-0.3, -0.25) is 0 Å². The van der Waals surface area contributed by atoms with Crippen molar-refractivity contribution < 1.29 is 5.11 Å². The summed E-state index contributed by atoms with van der Waals surface area (Å²) in [7, 11) is 0. The first-order valence-corrected chi connectivity index (χ1v) is 5.97. The van der Waals surface area contributed by atoms with Crippen LogP contribution in [0, 0.1) is 6.92 Å². The highest BCUT2D eigenvalue weighted by molar-refractivity contribution is 7.13. The van der Waals surface area contributed by atoms with E-state index in [1.165, 1.54) is 4.88 Å². The van der Waals surface area contributed by atoms with Gasteiger partial charge in [-0.2, -0.15) is 0 Å². The van der Waals surface area contributed by atoms with Gasteiger partial charge in [0, 0.05) is 0 Å². The minimum absolute atomic E-state index is 0.0288. The molecule has 2 aromatic rings. The summed E-state index contributed by atoms with van der Waals surface area (Å²) < 4.78 is 0. The van der Waals surface area contributed by atoms with Crippen LogP contribution in [0.5, 0.6) is 0 Å². The maximum atomic E-state index is 8.95. The van der Waals surface area contributed by atoms with E-state index < -0.39 is 0 Å². The van der Waals surface area contributed by atoms with Gasteiger partial charge in [0.1, 0.15) is 0 Å². The maximum Gasteiger partial charge on any atom is 0.0801 e. The second-order valence-electron chi connectivity index (χ2n) is 3.68. The van der Waals surface area contributed by atoms with E-state index in [9.17, 15) is 0 Å². The van der Waals surface area contributed by atoms with Crippen LogP contribution in [0.2, 0.25) is 0 Å². The third-order valence-corrected chi connectivity index (χ3v) is 3.52. The van der Waals surface area contributed by atoms with E-state index in [0.717, 1.165) is 16.8 Å². The summed E-state index contributed by atoms with van der Waals surface area (Å²) in [5.74, 6) is 0. The summed E-state index contributed by atoms with van der Waals surface area (Å²) in [5, 5.41) is 8.95. The molecule has 4 heteroatoms. The van der Waals surface area contributed by atoms with Crippen molar-refractivity contribution in [2.75, 3.05) is 6.61 Å². The van der Waals surface area contributed by atoms with Crippen LogP contribution in [0.25, 0.3) is 10.4 Å². The first kappa shape index (κ1) is 11.3. The van der Waals surface area contributed by atoms with Gasteiger partial charge in [-0.25, -0.2) is 4.98 Å². The summed E-state index contributed by atoms with van der Waals surface area (Å²) in [6.07, 6.45) is 0. The van der Waals surface area contributed by atoms with Gasteiger partial charge < -0.3 is 10.8 Å². The van der Waals surface area contributed by atoms with Crippen LogP contribution in [0.3, 0.4) is 0 Å². The number of rotatable bonds is 3. The second kappa shape index (κ2) is 4.74. The maximum absolute atomic E-state index is 8.95. The van der Waals surface area contributed by atoms with Gasteiger partial charge in [-0.1, -0.05) is 24.3 Å². The molecule has 0 aliphatic heterocycles. The molecule has 0 saturated carbocycles. The third-order valence-electron chi connectivity index (χ3n) is 2.54. The average Bonchev–Trinajstić information content (AvgIpc) is 2.75. The molecule has 0 spiro atoms. The van der Waals surface area contributed by atoms with E-state index in [0.29, 0.717) is 0 Å². The Morgan fingerprint density at radius 3 is 2.56 bits per heavy atom. The Labute approximate surface area is 98.6 Å². The lowest BCUT2D eigenvalue weighted by molar-refractivity contribution is 0.268. The lowest BCUT2D eigenvalue weighted by Crippen LogP contribution is -2.14. The highest BCUT2D eigenvalue weighted by Crippen LogP contribution is 2.27. The normalized spacial score (nSPS) is 12.7. The van der Waals surface area contributed by atoms with Crippen molar-refractivity contribution in [2.24, 2.45) is 5.73 Å². The van der Waals surface area contributed by atoms with Crippen LogP contribution in [0.15, 0.2) is 29.8 Å². The van der Waals surface area contributed by atoms with Crippen molar-refractivity contribution >= 4 is 11.3 Å². The molecule has 1 unspecified atom stereocenters. The zero-order valence-corrected chi connectivity index (χ0v) is 9.87. The molecule has 0 amide bonds. The van der Waals surface area contributed by atoms with Crippen molar-refractivity contribution in [1.29, 1.82) is 0 Å². The fraction of sp³-hybridized carbons (Fsp3) is 0.250.